The van der Waals surface area contributed by atoms with Crippen LogP contribution in [0.3, 0.4) is 0 Å². The number of carbonyl (C=O) groups excluding carboxylic acids is 1. The number of hydrogen-bond acceptors (Lipinski definition) is 8. The summed E-state index contributed by atoms with van der Waals surface area (Å²) in [6.07, 6.45) is 2.62. The van der Waals surface area contributed by atoms with Crippen LogP contribution in [0.1, 0.15) is 11.3 Å². The third kappa shape index (κ3) is 6.28. The summed E-state index contributed by atoms with van der Waals surface area (Å²) in [5.41, 5.74) is 24.8. The summed E-state index contributed by atoms with van der Waals surface area (Å²) < 4.78 is 4.92. The fourth-order valence-corrected chi connectivity index (χ4v) is 2.47. The van der Waals surface area contributed by atoms with Gasteiger partial charge in [0, 0.05) is 12.7 Å². The van der Waals surface area contributed by atoms with Crippen molar-refractivity contribution < 1.29 is 9.53 Å². The van der Waals surface area contributed by atoms with E-state index in [-0.39, 0.29) is 5.82 Å². The molecule has 0 unspecified atom stereocenters. The highest BCUT2D eigenvalue weighted by Crippen LogP contribution is 2.18. The molecule has 2 aromatic heterocycles. The molecule has 0 bridgehead atoms. The second-order valence-corrected chi connectivity index (χ2v) is 6.07. The molecule has 1 aromatic carbocycles. The molecule has 0 spiro atoms. The lowest BCUT2D eigenvalue weighted by Crippen LogP contribution is -2.12. The zero-order chi connectivity index (χ0) is 21.2. The molecule has 1 aliphatic heterocycles. The smallest absolute Gasteiger partial charge is 0.210 e. The van der Waals surface area contributed by atoms with Crippen molar-refractivity contribution in [3.63, 3.8) is 0 Å². The van der Waals surface area contributed by atoms with Gasteiger partial charge in [-0.05, 0) is 35.9 Å². The van der Waals surface area contributed by atoms with Crippen molar-refractivity contribution in [2.24, 2.45) is 0 Å². The first-order valence-electron chi connectivity index (χ1n) is 8.72. The maximum absolute atomic E-state index is 10.4. The quantitative estimate of drug-likeness (QED) is 0.376. The summed E-state index contributed by atoms with van der Waals surface area (Å²) in [6, 6.07) is 14.5. The lowest BCUT2D eigenvalue weighted by atomic mass is 10.2. The molecule has 0 radical (unpaired) electrons. The third-order valence-corrected chi connectivity index (χ3v) is 3.98. The topological polar surface area (TPSA) is 159 Å². The Hall–Kier alpha value is -4.01. The Bertz CT molecular complexity index is 925. The molecule has 1 amide bonds. The summed E-state index contributed by atoms with van der Waals surface area (Å²) in [4.78, 5) is 19.9. The van der Waals surface area contributed by atoms with E-state index in [9.17, 15) is 4.79 Å². The van der Waals surface area contributed by atoms with Gasteiger partial charge in [-0.3, -0.25) is 9.78 Å². The number of aromatic nitrogens is 2. The number of nitrogens with zero attached hydrogens (tertiary/aromatic N) is 3. The Labute approximate surface area is 169 Å². The van der Waals surface area contributed by atoms with Gasteiger partial charge in [0.1, 0.15) is 17.4 Å². The van der Waals surface area contributed by atoms with E-state index in [1.165, 1.54) is 5.56 Å². The van der Waals surface area contributed by atoms with Gasteiger partial charge in [0.15, 0.2) is 0 Å². The number of pyridine rings is 2. The first-order chi connectivity index (χ1) is 13.9. The molecule has 152 valence electrons. The molecule has 9 heteroatoms. The zero-order valence-electron chi connectivity index (χ0n) is 16.2. The maximum Gasteiger partial charge on any atom is 0.210 e. The summed E-state index contributed by atoms with van der Waals surface area (Å²) in [5, 5.41) is 0. The van der Waals surface area contributed by atoms with Crippen molar-refractivity contribution in [3.05, 3.63) is 66.0 Å². The monoisotopic (exact) mass is 395 g/mol. The van der Waals surface area contributed by atoms with Gasteiger partial charge in [-0.2, -0.15) is 0 Å². The van der Waals surface area contributed by atoms with E-state index < -0.39 is 0 Å². The molecule has 0 aliphatic carbocycles. The van der Waals surface area contributed by atoms with Crippen molar-refractivity contribution in [1.29, 1.82) is 0 Å². The number of anilines is 4. The summed E-state index contributed by atoms with van der Waals surface area (Å²) in [7, 11) is 1.60. The van der Waals surface area contributed by atoms with Crippen LogP contribution in [0.15, 0.2) is 54.7 Å². The molecular weight excluding hydrogens is 370 g/mol. The number of nitrogen functional groups attached to an aromatic ring is 4. The average molecular weight is 395 g/mol. The highest BCUT2D eigenvalue weighted by atomic mass is 16.5. The number of fused-ring (bicyclic) bond motifs is 1. The molecule has 0 saturated carbocycles. The predicted molar refractivity (Wildman–Crippen MR) is 114 cm³/mol. The number of amides is 1. The van der Waals surface area contributed by atoms with Gasteiger partial charge >= 0.3 is 0 Å². The Morgan fingerprint density at radius 2 is 1.72 bits per heavy atom. The Kier molecular flexibility index (Phi) is 7.60. The molecule has 9 nitrogen and oxygen atoms in total. The van der Waals surface area contributed by atoms with E-state index in [1.807, 2.05) is 30.3 Å². The number of ether oxygens (including phenoxy) is 1. The molecule has 8 N–H and O–H groups in total. The van der Waals surface area contributed by atoms with E-state index in [0.29, 0.717) is 30.3 Å². The van der Waals surface area contributed by atoms with Gasteiger partial charge in [0.25, 0.3) is 0 Å². The van der Waals surface area contributed by atoms with Crippen molar-refractivity contribution in [1.82, 2.24) is 14.9 Å². The summed E-state index contributed by atoms with van der Waals surface area (Å²) in [5.74, 6) is 1.41. The minimum absolute atomic E-state index is 0.287. The molecule has 0 atom stereocenters. The van der Waals surface area contributed by atoms with Crippen molar-refractivity contribution in [2.75, 3.05) is 30.0 Å². The fraction of sp³-hybridized carbons (Fsp3) is 0.150. The van der Waals surface area contributed by atoms with Gasteiger partial charge in [-0.25, -0.2) is 4.98 Å². The number of carbonyl (C=O) groups is 1. The van der Waals surface area contributed by atoms with Crippen LogP contribution in [0.2, 0.25) is 0 Å². The zero-order valence-corrected chi connectivity index (χ0v) is 16.2. The number of para-hydroxylation sites is 2. The van der Waals surface area contributed by atoms with Gasteiger partial charge in [0.05, 0.1) is 30.7 Å². The van der Waals surface area contributed by atoms with Crippen molar-refractivity contribution in [3.8, 4) is 5.75 Å². The molecular formula is C20H25N7O2. The van der Waals surface area contributed by atoms with Gasteiger partial charge in [-0.15, -0.1) is 0 Å². The van der Waals surface area contributed by atoms with Crippen LogP contribution in [-0.2, 0) is 17.9 Å². The fourth-order valence-electron chi connectivity index (χ4n) is 2.47. The molecule has 1 aliphatic rings. The number of hydrogen-bond donors (Lipinski definition) is 4. The first-order valence-corrected chi connectivity index (χ1v) is 8.72. The van der Waals surface area contributed by atoms with Crippen molar-refractivity contribution >= 4 is 29.4 Å². The Morgan fingerprint density at radius 1 is 0.966 bits per heavy atom. The summed E-state index contributed by atoms with van der Waals surface area (Å²) >= 11 is 0. The number of rotatable bonds is 2. The number of nitrogens with two attached hydrogens (primary N) is 4. The first kappa shape index (κ1) is 21.3. The molecule has 4 rings (SSSR count). The minimum Gasteiger partial charge on any atom is -0.495 e. The standard InChI is InChI=1S/C8H8N2O.C7H9NO.C5H8N4/c11-6-10-4-7-2-1-3-9-8(7)5-10;1-9-7-5-3-2-4-6(7)8;6-3-1-2-4(7)9-5(3)8/h1-3,6H,4-5H2;2-5H,8H2,1H3;1-2H,6H2,(H4,7,8,9). The molecule has 29 heavy (non-hydrogen) atoms. The van der Waals surface area contributed by atoms with Gasteiger partial charge in [0.2, 0.25) is 6.41 Å². The minimum atomic E-state index is 0.287. The number of benzene rings is 1. The third-order valence-electron chi connectivity index (χ3n) is 3.98. The van der Waals surface area contributed by atoms with Crippen LogP contribution in [-0.4, -0.2) is 28.4 Å². The normalized spacial score (nSPS) is 11.3. The van der Waals surface area contributed by atoms with Gasteiger partial charge in [-0.1, -0.05) is 18.2 Å². The average Bonchev–Trinajstić information content (AvgIpc) is 3.16. The second kappa shape index (κ2) is 10.4. The van der Waals surface area contributed by atoms with Crippen LogP contribution in [0, 0.1) is 0 Å². The largest absolute Gasteiger partial charge is 0.495 e. The lowest BCUT2D eigenvalue weighted by molar-refractivity contribution is -0.118. The van der Waals surface area contributed by atoms with Gasteiger partial charge < -0.3 is 32.6 Å². The van der Waals surface area contributed by atoms with E-state index in [2.05, 4.69) is 9.97 Å². The Balaban J connectivity index is 0.000000157. The highest BCUT2D eigenvalue weighted by molar-refractivity contribution is 5.60. The SMILES string of the molecule is COc1ccccc1N.Nc1ccc(N)c(N)n1.O=CN1Cc2cccnc2C1. The van der Waals surface area contributed by atoms with Crippen LogP contribution in [0.4, 0.5) is 23.0 Å². The van der Waals surface area contributed by atoms with E-state index in [1.54, 1.807) is 36.4 Å². The van der Waals surface area contributed by atoms with Crippen LogP contribution >= 0.6 is 0 Å². The van der Waals surface area contributed by atoms with Crippen molar-refractivity contribution in [2.45, 2.75) is 13.1 Å². The second-order valence-electron chi connectivity index (χ2n) is 6.07. The lowest BCUT2D eigenvalue weighted by Gasteiger charge is -2.03. The molecule has 0 fully saturated rings. The molecule has 3 heterocycles. The Morgan fingerprint density at radius 3 is 2.28 bits per heavy atom. The predicted octanol–water partition coefficient (Wildman–Crippen LogP) is 1.66. The van der Waals surface area contributed by atoms with Crippen LogP contribution in [0.25, 0.3) is 0 Å². The van der Waals surface area contributed by atoms with Crippen LogP contribution < -0.4 is 27.7 Å². The molecule has 3 aromatic rings. The summed E-state index contributed by atoms with van der Waals surface area (Å²) in [6.45, 7) is 1.38. The maximum atomic E-state index is 10.4. The van der Waals surface area contributed by atoms with Crippen LogP contribution in [0.5, 0.6) is 5.75 Å². The van der Waals surface area contributed by atoms with E-state index in [0.717, 1.165) is 17.9 Å². The van der Waals surface area contributed by atoms with E-state index in [4.69, 9.17) is 27.7 Å². The number of methoxy groups -OCH3 is 1. The van der Waals surface area contributed by atoms with E-state index >= 15 is 0 Å². The molecule has 0 saturated heterocycles. The highest BCUT2D eigenvalue weighted by Gasteiger charge is 2.16.